The van der Waals surface area contributed by atoms with Gasteiger partial charge >= 0.3 is 11.9 Å². The van der Waals surface area contributed by atoms with Gasteiger partial charge in [-0.05, 0) is 51.8 Å². The first-order valence-electron chi connectivity index (χ1n) is 7.93. The summed E-state index contributed by atoms with van der Waals surface area (Å²) < 4.78 is 41.0. The molecule has 0 saturated heterocycles. The van der Waals surface area contributed by atoms with E-state index in [2.05, 4.69) is 26.0 Å². The molecule has 1 unspecified atom stereocenters. The highest BCUT2D eigenvalue weighted by Crippen LogP contribution is 2.24. The molecule has 28 heavy (non-hydrogen) atoms. The molecule has 3 rings (SSSR count). The number of benzene rings is 1. The van der Waals surface area contributed by atoms with E-state index in [1.54, 1.807) is 12.3 Å². The van der Waals surface area contributed by atoms with Gasteiger partial charge in [-0.1, -0.05) is 11.6 Å². The molecule has 0 aliphatic heterocycles. The van der Waals surface area contributed by atoms with Crippen LogP contribution in [-0.4, -0.2) is 36.7 Å². The monoisotopic (exact) mass is 476 g/mol. The molecule has 2 aromatic heterocycles. The number of halogens is 5. The Hall–Kier alpha value is -2.17. The molecule has 11 heteroatoms. The predicted octanol–water partition coefficient (Wildman–Crippen LogP) is 3.49. The zero-order chi connectivity index (χ0) is 20.5. The average Bonchev–Trinajstić information content (AvgIpc) is 2.91. The van der Waals surface area contributed by atoms with Crippen molar-refractivity contribution in [2.24, 2.45) is 0 Å². The number of aliphatic hydroxyl groups excluding tert-OH is 1. The van der Waals surface area contributed by atoms with E-state index in [1.165, 1.54) is 30.5 Å². The number of rotatable bonds is 5. The summed E-state index contributed by atoms with van der Waals surface area (Å²) in [7, 11) is 0. The molecule has 6 nitrogen and oxygen atoms in total. The molecule has 0 bridgehead atoms. The molecular weight excluding hydrogens is 465 g/mol. The Labute approximate surface area is 170 Å². The van der Waals surface area contributed by atoms with E-state index in [0.717, 1.165) is 9.25 Å². The van der Waals surface area contributed by atoms with E-state index in [4.69, 9.17) is 11.6 Å². The van der Waals surface area contributed by atoms with E-state index < -0.39 is 24.5 Å². The zero-order valence-corrected chi connectivity index (χ0v) is 16.4. The Morgan fingerprint density at radius 2 is 1.89 bits per heavy atom. The van der Waals surface area contributed by atoms with Crippen LogP contribution in [0.4, 0.5) is 13.2 Å². The fourth-order valence-corrected chi connectivity index (χ4v) is 3.05. The van der Waals surface area contributed by atoms with Crippen LogP contribution in [-0.2, 0) is 13.1 Å². The number of aliphatic hydroxyl groups is 1. The van der Waals surface area contributed by atoms with Crippen LogP contribution < -0.4 is 5.69 Å². The van der Waals surface area contributed by atoms with Gasteiger partial charge in [0.05, 0.1) is 13.1 Å². The molecular formula is C17H13BrClF3N4O2. The highest BCUT2D eigenvalue weighted by Gasteiger charge is 2.39. The summed E-state index contributed by atoms with van der Waals surface area (Å²) in [4.78, 5) is 16.7. The first kappa shape index (κ1) is 20.6. The van der Waals surface area contributed by atoms with E-state index in [-0.39, 0.29) is 12.4 Å². The van der Waals surface area contributed by atoms with Crippen molar-refractivity contribution in [2.75, 3.05) is 0 Å². The highest BCUT2D eigenvalue weighted by molar-refractivity contribution is 9.10. The van der Waals surface area contributed by atoms with Crippen molar-refractivity contribution in [1.82, 2.24) is 19.3 Å². The van der Waals surface area contributed by atoms with Gasteiger partial charge in [0, 0.05) is 27.5 Å². The smallest absolute Gasteiger partial charge is 0.382 e. The highest BCUT2D eigenvalue weighted by atomic mass is 79.9. The fraction of sp³-hybridized carbons (Fsp3) is 0.235. The van der Waals surface area contributed by atoms with Crippen molar-refractivity contribution in [1.29, 1.82) is 0 Å². The Morgan fingerprint density at radius 1 is 1.21 bits per heavy atom. The van der Waals surface area contributed by atoms with Gasteiger partial charge in [0.1, 0.15) is 0 Å². The summed E-state index contributed by atoms with van der Waals surface area (Å²) in [6, 6.07) is 7.84. The maximum Gasteiger partial charge on any atom is 0.416 e. The van der Waals surface area contributed by atoms with Crippen LogP contribution in [0.25, 0.3) is 11.4 Å². The minimum atomic E-state index is -4.87. The number of aromatic nitrogens is 4. The van der Waals surface area contributed by atoms with Gasteiger partial charge in [-0.2, -0.15) is 13.2 Å². The third kappa shape index (κ3) is 4.62. The maximum absolute atomic E-state index is 12.8. The van der Waals surface area contributed by atoms with Gasteiger partial charge in [-0.15, -0.1) is 5.10 Å². The van der Waals surface area contributed by atoms with E-state index in [1.807, 2.05) is 0 Å². The van der Waals surface area contributed by atoms with Crippen molar-refractivity contribution in [3.8, 4) is 11.4 Å². The predicted molar refractivity (Wildman–Crippen MR) is 100 cm³/mol. The van der Waals surface area contributed by atoms with Gasteiger partial charge in [-0.25, -0.2) is 9.48 Å². The van der Waals surface area contributed by atoms with E-state index >= 15 is 0 Å². The van der Waals surface area contributed by atoms with Crippen molar-refractivity contribution in [3.05, 3.63) is 68.3 Å². The van der Waals surface area contributed by atoms with Crippen molar-refractivity contribution in [2.45, 2.75) is 25.4 Å². The van der Waals surface area contributed by atoms with E-state index in [0.29, 0.717) is 20.6 Å². The summed E-state index contributed by atoms with van der Waals surface area (Å²) >= 11 is 9.11. The second-order valence-electron chi connectivity index (χ2n) is 5.95. The Balaban J connectivity index is 2.06. The quantitative estimate of drug-likeness (QED) is 0.611. The van der Waals surface area contributed by atoms with Crippen LogP contribution in [0.2, 0.25) is 5.02 Å². The molecule has 3 aromatic rings. The maximum atomic E-state index is 12.8. The van der Waals surface area contributed by atoms with E-state index in [9.17, 15) is 23.1 Å². The first-order valence-corrected chi connectivity index (χ1v) is 9.10. The number of pyridine rings is 1. The molecule has 0 aliphatic rings. The van der Waals surface area contributed by atoms with Gasteiger partial charge in [0.15, 0.2) is 11.9 Å². The second kappa shape index (κ2) is 8.06. The molecule has 0 radical (unpaired) electrons. The van der Waals surface area contributed by atoms with Crippen LogP contribution in [0.3, 0.4) is 0 Å². The van der Waals surface area contributed by atoms with Crippen LogP contribution in [0.5, 0.6) is 0 Å². The standard InChI is InChI=1S/C17H13BrClF3N4O2/c18-12-5-10(6-23-7-12)8-26-16(28)25(9-14(27)17(20,21)22)15(24-26)11-1-3-13(19)4-2-11/h1-7,14,27H,8-9H2. The molecule has 1 atom stereocenters. The lowest BCUT2D eigenvalue weighted by Gasteiger charge is -2.15. The Bertz CT molecular complexity index is 1030. The van der Waals surface area contributed by atoms with Crippen molar-refractivity contribution in [3.63, 3.8) is 0 Å². The molecule has 1 N–H and O–H groups in total. The summed E-state index contributed by atoms with van der Waals surface area (Å²) in [6.07, 6.45) is -4.50. The molecule has 0 fully saturated rings. The second-order valence-corrected chi connectivity index (χ2v) is 7.30. The number of hydrogen-bond acceptors (Lipinski definition) is 4. The van der Waals surface area contributed by atoms with Crippen molar-refractivity contribution >= 4 is 27.5 Å². The average molecular weight is 478 g/mol. The number of nitrogens with zero attached hydrogens (tertiary/aromatic N) is 4. The molecule has 0 aliphatic carbocycles. The van der Waals surface area contributed by atoms with Crippen LogP contribution in [0, 0.1) is 0 Å². The van der Waals surface area contributed by atoms with Crippen LogP contribution >= 0.6 is 27.5 Å². The third-order valence-electron chi connectivity index (χ3n) is 3.85. The first-order chi connectivity index (χ1) is 13.1. The fourth-order valence-electron chi connectivity index (χ4n) is 2.51. The van der Waals surface area contributed by atoms with Gasteiger partial charge in [-0.3, -0.25) is 9.55 Å². The summed E-state index contributed by atoms with van der Waals surface area (Å²) in [6.45, 7) is -0.974. The molecule has 1 aromatic carbocycles. The summed E-state index contributed by atoms with van der Waals surface area (Å²) in [5, 5.41) is 14.1. The van der Waals surface area contributed by atoms with Crippen LogP contribution in [0.15, 0.2) is 52.0 Å². The lowest BCUT2D eigenvalue weighted by Crippen LogP contribution is -2.37. The number of hydrogen-bond donors (Lipinski definition) is 1. The molecule has 0 amide bonds. The molecule has 148 valence electrons. The minimum absolute atomic E-state index is 0.000968. The largest absolute Gasteiger partial charge is 0.416 e. The van der Waals surface area contributed by atoms with Crippen LogP contribution in [0.1, 0.15) is 5.56 Å². The van der Waals surface area contributed by atoms with Gasteiger partial charge in [0.25, 0.3) is 0 Å². The third-order valence-corrected chi connectivity index (χ3v) is 4.54. The summed E-state index contributed by atoms with van der Waals surface area (Å²) in [5.41, 5.74) is 0.232. The number of alkyl halides is 3. The van der Waals surface area contributed by atoms with Crippen molar-refractivity contribution < 1.29 is 18.3 Å². The molecule has 0 spiro atoms. The lowest BCUT2D eigenvalue weighted by atomic mass is 10.2. The Kier molecular flexibility index (Phi) is 5.92. The normalized spacial score (nSPS) is 12.9. The Morgan fingerprint density at radius 3 is 2.50 bits per heavy atom. The van der Waals surface area contributed by atoms with Gasteiger partial charge < -0.3 is 5.11 Å². The van der Waals surface area contributed by atoms with Gasteiger partial charge in [0.2, 0.25) is 0 Å². The SMILES string of the molecule is O=c1n(Cc2cncc(Br)c2)nc(-c2ccc(Cl)cc2)n1CC(O)C(F)(F)F. The zero-order valence-electron chi connectivity index (χ0n) is 14.1. The molecule has 0 saturated carbocycles. The lowest BCUT2D eigenvalue weighted by molar-refractivity contribution is -0.207. The minimum Gasteiger partial charge on any atom is -0.382 e. The topological polar surface area (TPSA) is 72.9 Å². The molecule has 2 heterocycles. The summed E-state index contributed by atoms with van der Waals surface area (Å²) in [5.74, 6) is -0.00655.